The summed E-state index contributed by atoms with van der Waals surface area (Å²) >= 11 is 0. The summed E-state index contributed by atoms with van der Waals surface area (Å²) in [4.78, 5) is 23.2. The molecule has 1 fully saturated rings. The number of rotatable bonds is 4. The fourth-order valence-corrected chi connectivity index (χ4v) is 2.70. The lowest BCUT2D eigenvalue weighted by molar-refractivity contribution is -0.146. The van der Waals surface area contributed by atoms with Gasteiger partial charge in [-0.3, -0.25) is 19.4 Å². The Labute approximate surface area is 150 Å². The highest BCUT2D eigenvalue weighted by atomic mass is 19.4. The monoisotopic (exact) mass is 387 g/mol. The van der Waals surface area contributed by atoms with Gasteiger partial charge in [-0.25, -0.2) is 0 Å². The maximum atomic E-state index is 12.7. The van der Waals surface area contributed by atoms with Crippen molar-refractivity contribution in [2.75, 3.05) is 11.9 Å². The third kappa shape index (κ3) is 4.27. The predicted molar refractivity (Wildman–Crippen MR) is 83.6 cm³/mol. The number of nitrogens with one attached hydrogen (secondary N) is 2. The van der Waals surface area contributed by atoms with E-state index in [4.69, 9.17) is 9.47 Å². The zero-order valence-corrected chi connectivity index (χ0v) is 14.3. The highest BCUT2D eigenvalue weighted by molar-refractivity contribution is 6.02. The number of carbonyl (C=O) groups excluding carboxylic acids is 2. The largest absolute Gasteiger partial charge is 0.460 e. The Kier molecular flexibility index (Phi) is 4.91. The summed E-state index contributed by atoms with van der Waals surface area (Å²) in [6.07, 6.45) is -5.00. The SMILES string of the molecule is CC(=O)OC1COC(c2cc(NC(=O)c3cc(C(F)(F)F)nn3C)n[nH]2)C1. The average Bonchev–Trinajstić information content (AvgIpc) is 3.25. The summed E-state index contributed by atoms with van der Waals surface area (Å²) in [5, 5.41) is 12.3. The van der Waals surface area contributed by atoms with Crippen molar-refractivity contribution in [2.24, 2.45) is 7.05 Å². The van der Waals surface area contributed by atoms with Gasteiger partial charge < -0.3 is 14.8 Å². The molecule has 2 N–H and O–H groups in total. The van der Waals surface area contributed by atoms with Gasteiger partial charge in [-0.1, -0.05) is 0 Å². The van der Waals surface area contributed by atoms with E-state index in [1.165, 1.54) is 20.0 Å². The molecule has 12 heteroatoms. The third-order valence-electron chi connectivity index (χ3n) is 3.88. The number of nitrogens with zero attached hydrogens (tertiary/aromatic N) is 3. The van der Waals surface area contributed by atoms with Gasteiger partial charge in [0.05, 0.1) is 12.3 Å². The molecule has 1 saturated heterocycles. The number of carbonyl (C=O) groups is 2. The standard InChI is InChI=1S/C15H16F3N5O4/c1-7(24)27-8-3-11(26-6-8)9-4-13(21-20-9)19-14(25)10-5-12(15(16,17)18)22-23(10)2/h4-5,8,11H,3,6H2,1-2H3,(H2,19,20,21,25). The second kappa shape index (κ2) is 7.02. The first-order valence-electron chi connectivity index (χ1n) is 7.90. The molecule has 1 aliphatic heterocycles. The Hall–Kier alpha value is -2.89. The van der Waals surface area contributed by atoms with E-state index in [0.29, 0.717) is 18.2 Å². The quantitative estimate of drug-likeness (QED) is 0.774. The van der Waals surface area contributed by atoms with Crippen LogP contribution >= 0.6 is 0 Å². The van der Waals surface area contributed by atoms with E-state index in [0.717, 1.165) is 4.68 Å². The molecule has 9 nitrogen and oxygen atoms in total. The first-order valence-corrected chi connectivity index (χ1v) is 7.90. The van der Waals surface area contributed by atoms with Crippen LogP contribution in [0.4, 0.5) is 19.0 Å². The normalized spacial score (nSPS) is 19.9. The van der Waals surface area contributed by atoms with Gasteiger partial charge in [0.15, 0.2) is 11.5 Å². The Morgan fingerprint density at radius 1 is 1.41 bits per heavy atom. The van der Waals surface area contributed by atoms with Crippen molar-refractivity contribution < 1.29 is 32.2 Å². The Morgan fingerprint density at radius 3 is 2.78 bits per heavy atom. The van der Waals surface area contributed by atoms with Crippen LogP contribution in [0.3, 0.4) is 0 Å². The van der Waals surface area contributed by atoms with E-state index in [2.05, 4.69) is 20.6 Å². The van der Waals surface area contributed by atoms with Crippen LogP contribution in [0, 0.1) is 0 Å². The molecule has 0 aliphatic carbocycles. The maximum absolute atomic E-state index is 12.7. The van der Waals surface area contributed by atoms with Crippen molar-refractivity contribution in [1.82, 2.24) is 20.0 Å². The predicted octanol–water partition coefficient (Wildman–Crippen LogP) is 1.81. The molecule has 2 unspecified atom stereocenters. The zero-order chi connectivity index (χ0) is 19.8. The van der Waals surface area contributed by atoms with Gasteiger partial charge >= 0.3 is 12.1 Å². The molecule has 146 valence electrons. The van der Waals surface area contributed by atoms with Crippen molar-refractivity contribution >= 4 is 17.7 Å². The van der Waals surface area contributed by atoms with Crippen LogP contribution in [-0.2, 0) is 27.5 Å². The maximum Gasteiger partial charge on any atom is 0.435 e. The molecule has 1 aliphatic rings. The molecule has 27 heavy (non-hydrogen) atoms. The number of hydrogen-bond donors (Lipinski definition) is 2. The molecule has 0 saturated carbocycles. The van der Waals surface area contributed by atoms with E-state index in [-0.39, 0.29) is 24.2 Å². The van der Waals surface area contributed by atoms with E-state index in [1.807, 2.05) is 0 Å². The summed E-state index contributed by atoms with van der Waals surface area (Å²) in [6, 6.07) is 2.16. The number of esters is 1. The number of anilines is 1. The van der Waals surface area contributed by atoms with Crippen molar-refractivity contribution in [3.8, 4) is 0 Å². The molecule has 0 bridgehead atoms. The smallest absolute Gasteiger partial charge is 0.435 e. The third-order valence-corrected chi connectivity index (χ3v) is 3.88. The molecule has 0 aromatic carbocycles. The van der Waals surface area contributed by atoms with Gasteiger partial charge in [0, 0.05) is 32.5 Å². The molecule has 3 rings (SSSR count). The molecule has 1 amide bonds. The molecular formula is C15H16F3N5O4. The first-order chi connectivity index (χ1) is 12.6. The van der Waals surface area contributed by atoms with Crippen LogP contribution in [-0.4, -0.2) is 44.6 Å². The second-order valence-corrected chi connectivity index (χ2v) is 5.99. The highest BCUT2D eigenvalue weighted by Gasteiger charge is 2.35. The summed E-state index contributed by atoms with van der Waals surface area (Å²) in [5.74, 6) is -1.08. The molecular weight excluding hydrogens is 371 g/mol. The minimum atomic E-state index is -4.64. The van der Waals surface area contributed by atoms with Crippen LogP contribution in [0.15, 0.2) is 12.1 Å². The lowest BCUT2D eigenvalue weighted by Gasteiger charge is -2.07. The van der Waals surface area contributed by atoms with E-state index in [9.17, 15) is 22.8 Å². The zero-order valence-electron chi connectivity index (χ0n) is 14.3. The van der Waals surface area contributed by atoms with E-state index in [1.54, 1.807) is 0 Å². The summed E-state index contributed by atoms with van der Waals surface area (Å²) in [5.41, 5.74) is -0.881. The number of halogens is 3. The van der Waals surface area contributed by atoms with Crippen LogP contribution in [0.25, 0.3) is 0 Å². The lowest BCUT2D eigenvalue weighted by atomic mass is 10.1. The lowest BCUT2D eigenvalue weighted by Crippen LogP contribution is -2.16. The minimum Gasteiger partial charge on any atom is -0.460 e. The second-order valence-electron chi connectivity index (χ2n) is 5.99. The summed E-state index contributed by atoms with van der Waals surface area (Å²) in [6.45, 7) is 1.54. The van der Waals surface area contributed by atoms with Crippen LogP contribution in [0.1, 0.15) is 41.3 Å². The van der Waals surface area contributed by atoms with Crippen molar-refractivity contribution in [2.45, 2.75) is 31.7 Å². The van der Waals surface area contributed by atoms with Gasteiger partial charge in [-0.15, -0.1) is 0 Å². The fraction of sp³-hybridized carbons (Fsp3) is 0.467. The van der Waals surface area contributed by atoms with Crippen LogP contribution in [0.5, 0.6) is 0 Å². The van der Waals surface area contributed by atoms with Gasteiger partial charge in [-0.05, 0) is 0 Å². The Morgan fingerprint density at radius 2 is 2.15 bits per heavy atom. The van der Waals surface area contributed by atoms with Crippen LogP contribution in [0.2, 0.25) is 0 Å². The van der Waals surface area contributed by atoms with E-state index < -0.39 is 29.9 Å². The van der Waals surface area contributed by atoms with Gasteiger partial charge in [0.2, 0.25) is 0 Å². The molecule has 2 aromatic heterocycles. The average molecular weight is 387 g/mol. The van der Waals surface area contributed by atoms with Crippen LogP contribution < -0.4 is 5.32 Å². The summed E-state index contributed by atoms with van der Waals surface area (Å²) in [7, 11) is 1.24. The Balaban J connectivity index is 1.65. The number of alkyl halides is 3. The van der Waals surface area contributed by atoms with Crippen molar-refractivity contribution in [3.63, 3.8) is 0 Å². The van der Waals surface area contributed by atoms with E-state index >= 15 is 0 Å². The molecule has 2 atom stereocenters. The van der Waals surface area contributed by atoms with Crippen molar-refractivity contribution in [3.05, 3.63) is 29.2 Å². The molecule has 0 radical (unpaired) electrons. The number of hydrogen-bond acceptors (Lipinski definition) is 6. The highest BCUT2D eigenvalue weighted by Crippen LogP contribution is 2.31. The first kappa shape index (κ1) is 18.9. The fourth-order valence-electron chi connectivity index (χ4n) is 2.70. The number of ether oxygens (including phenoxy) is 2. The topological polar surface area (TPSA) is 111 Å². The summed E-state index contributed by atoms with van der Waals surface area (Å²) < 4.78 is 49.5. The van der Waals surface area contributed by atoms with Gasteiger partial charge in [-0.2, -0.15) is 23.4 Å². The van der Waals surface area contributed by atoms with Gasteiger partial charge in [0.1, 0.15) is 17.9 Å². The number of aromatic nitrogens is 4. The minimum absolute atomic E-state index is 0.115. The van der Waals surface area contributed by atoms with Gasteiger partial charge in [0.25, 0.3) is 5.91 Å². The number of H-pyrrole nitrogens is 1. The van der Waals surface area contributed by atoms with Crippen molar-refractivity contribution in [1.29, 1.82) is 0 Å². The molecule has 3 heterocycles. The number of aromatic amines is 1. The Bertz CT molecular complexity index is 860. The number of aryl methyl sites for hydroxylation is 1. The molecule has 2 aromatic rings. The molecule has 0 spiro atoms. The number of amides is 1.